The summed E-state index contributed by atoms with van der Waals surface area (Å²) in [6, 6.07) is 0.544. The van der Waals surface area contributed by atoms with Gasteiger partial charge in [-0.3, -0.25) is 0 Å². The van der Waals surface area contributed by atoms with E-state index in [2.05, 4.69) is 26.1 Å². The SMILES string of the molecule is CC(C)NCC1CCC(COC2CCCCC2C)O1. The Balaban J connectivity index is 1.62. The van der Waals surface area contributed by atoms with Crippen molar-refractivity contribution in [2.24, 2.45) is 5.92 Å². The zero-order chi connectivity index (χ0) is 13.7. The average Bonchev–Trinajstić information content (AvgIpc) is 2.83. The number of nitrogens with one attached hydrogen (secondary N) is 1. The van der Waals surface area contributed by atoms with E-state index in [9.17, 15) is 0 Å². The van der Waals surface area contributed by atoms with Crippen LogP contribution in [0.25, 0.3) is 0 Å². The van der Waals surface area contributed by atoms with Crippen LogP contribution >= 0.6 is 0 Å². The summed E-state index contributed by atoms with van der Waals surface area (Å²) < 4.78 is 12.2. The van der Waals surface area contributed by atoms with Gasteiger partial charge >= 0.3 is 0 Å². The highest BCUT2D eigenvalue weighted by molar-refractivity contribution is 4.78. The van der Waals surface area contributed by atoms with Crippen molar-refractivity contribution in [1.29, 1.82) is 0 Å². The van der Waals surface area contributed by atoms with Crippen molar-refractivity contribution in [3.05, 3.63) is 0 Å². The van der Waals surface area contributed by atoms with E-state index in [1.54, 1.807) is 0 Å². The van der Waals surface area contributed by atoms with Gasteiger partial charge in [-0.2, -0.15) is 0 Å². The molecule has 0 aromatic rings. The van der Waals surface area contributed by atoms with E-state index >= 15 is 0 Å². The molecule has 1 aliphatic carbocycles. The maximum absolute atomic E-state index is 6.11. The van der Waals surface area contributed by atoms with Crippen molar-refractivity contribution in [3.63, 3.8) is 0 Å². The van der Waals surface area contributed by atoms with Crippen LogP contribution in [0.15, 0.2) is 0 Å². The number of hydrogen-bond donors (Lipinski definition) is 1. The normalized spacial score (nSPS) is 36.0. The molecule has 1 saturated heterocycles. The van der Waals surface area contributed by atoms with Gasteiger partial charge < -0.3 is 14.8 Å². The molecule has 0 aromatic carbocycles. The number of ether oxygens (including phenoxy) is 2. The molecule has 3 nitrogen and oxygen atoms in total. The van der Waals surface area contributed by atoms with Gasteiger partial charge in [0, 0.05) is 12.6 Å². The summed E-state index contributed by atoms with van der Waals surface area (Å²) in [6.45, 7) is 8.47. The first-order valence-corrected chi connectivity index (χ1v) is 8.15. The van der Waals surface area contributed by atoms with Crippen LogP contribution in [0, 0.1) is 5.92 Å². The first-order valence-electron chi connectivity index (χ1n) is 8.15. The predicted octanol–water partition coefficient (Wildman–Crippen LogP) is 3.13. The average molecular weight is 269 g/mol. The number of rotatable bonds is 6. The Morgan fingerprint density at radius 1 is 1.11 bits per heavy atom. The zero-order valence-corrected chi connectivity index (χ0v) is 12.9. The minimum Gasteiger partial charge on any atom is -0.375 e. The Hall–Kier alpha value is -0.120. The largest absolute Gasteiger partial charge is 0.375 e. The van der Waals surface area contributed by atoms with Crippen molar-refractivity contribution in [3.8, 4) is 0 Å². The third-order valence-electron chi connectivity index (χ3n) is 4.48. The smallest absolute Gasteiger partial charge is 0.0814 e. The van der Waals surface area contributed by atoms with Gasteiger partial charge in [0.25, 0.3) is 0 Å². The summed E-state index contributed by atoms with van der Waals surface area (Å²) in [6.07, 6.45) is 8.81. The second-order valence-corrected chi connectivity index (χ2v) is 6.65. The van der Waals surface area contributed by atoms with Gasteiger partial charge in [0.05, 0.1) is 24.9 Å². The van der Waals surface area contributed by atoms with Gasteiger partial charge in [-0.15, -0.1) is 0 Å². The van der Waals surface area contributed by atoms with Crippen molar-refractivity contribution < 1.29 is 9.47 Å². The van der Waals surface area contributed by atoms with Crippen LogP contribution in [0.2, 0.25) is 0 Å². The fourth-order valence-electron chi connectivity index (χ4n) is 3.18. The first kappa shape index (κ1) is 15.3. The van der Waals surface area contributed by atoms with Crippen LogP contribution in [0.1, 0.15) is 59.3 Å². The topological polar surface area (TPSA) is 30.5 Å². The molecule has 2 fully saturated rings. The van der Waals surface area contributed by atoms with Crippen LogP contribution in [0.5, 0.6) is 0 Å². The third kappa shape index (κ3) is 5.05. The molecule has 3 heteroatoms. The zero-order valence-electron chi connectivity index (χ0n) is 12.9. The van der Waals surface area contributed by atoms with Gasteiger partial charge in [-0.25, -0.2) is 0 Å². The lowest BCUT2D eigenvalue weighted by atomic mass is 9.88. The molecule has 1 aliphatic heterocycles. The Morgan fingerprint density at radius 3 is 2.58 bits per heavy atom. The summed E-state index contributed by atoms with van der Waals surface area (Å²) in [4.78, 5) is 0. The highest BCUT2D eigenvalue weighted by Gasteiger charge is 2.28. The summed E-state index contributed by atoms with van der Waals surface area (Å²) in [5.74, 6) is 0.730. The summed E-state index contributed by atoms with van der Waals surface area (Å²) in [5, 5.41) is 3.45. The molecule has 2 rings (SSSR count). The molecule has 1 heterocycles. The van der Waals surface area contributed by atoms with Gasteiger partial charge in [0.1, 0.15) is 0 Å². The third-order valence-corrected chi connectivity index (χ3v) is 4.48. The predicted molar refractivity (Wildman–Crippen MR) is 78.4 cm³/mol. The van der Waals surface area contributed by atoms with E-state index in [4.69, 9.17) is 9.47 Å². The molecule has 0 aromatic heterocycles. The highest BCUT2D eigenvalue weighted by atomic mass is 16.5. The van der Waals surface area contributed by atoms with E-state index in [1.807, 2.05) is 0 Å². The standard InChI is InChI=1S/C16H31NO2/c1-12(2)17-10-14-8-9-15(19-14)11-18-16-7-5-4-6-13(16)3/h12-17H,4-11H2,1-3H3. The van der Waals surface area contributed by atoms with Crippen LogP contribution in [-0.4, -0.2) is 37.5 Å². The van der Waals surface area contributed by atoms with Gasteiger partial charge in [0.2, 0.25) is 0 Å². The first-order chi connectivity index (χ1) is 9.15. The Labute approximate surface area is 118 Å². The second-order valence-electron chi connectivity index (χ2n) is 6.65. The lowest BCUT2D eigenvalue weighted by Gasteiger charge is -2.29. The molecule has 0 bridgehead atoms. The summed E-state index contributed by atoms with van der Waals surface area (Å²) >= 11 is 0. The quantitative estimate of drug-likeness (QED) is 0.803. The molecular weight excluding hydrogens is 238 g/mol. The lowest BCUT2D eigenvalue weighted by Crippen LogP contribution is -2.33. The van der Waals surface area contributed by atoms with Crippen LogP contribution < -0.4 is 5.32 Å². The highest BCUT2D eigenvalue weighted by Crippen LogP contribution is 2.27. The Morgan fingerprint density at radius 2 is 1.84 bits per heavy atom. The molecule has 112 valence electrons. The van der Waals surface area contributed by atoms with Crippen LogP contribution in [0.4, 0.5) is 0 Å². The summed E-state index contributed by atoms with van der Waals surface area (Å²) in [5.41, 5.74) is 0. The maximum Gasteiger partial charge on any atom is 0.0814 e. The van der Waals surface area contributed by atoms with Crippen molar-refractivity contribution >= 4 is 0 Å². The molecule has 2 aliphatic rings. The van der Waals surface area contributed by atoms with E-state index in [0.29, 0.717) is 24.4 Å². The fourth-order valence-corrected chi connectivity index (χ4v) is 3.18. The monoisotopic (exact) mass is 269 g/mol. The van der Waals surface area contributed by atoms with Crippen molar-refractivity contribution in [2.45, 2.75) is 83.6 Å². The second kappa shape index (κ2) is 7.61. The molecule has 0 radical (unpaired) electrons. The van der Waals surface area contributed by atoms with E-state index < -0.39 is 0 Å². The molecule has 4 unspecified atom stereocenters. The van der Waals surface area contributed by atoms with E-state index in [-0.39, 0.29) is 0 Å². The molecule has 0 spiro atoms. The van der Waals surface area contributed by atoms with Gasteiger partial charge in [0.15, 0.2) is 0 Å². The van der Waals surface area contributed by atoms with Crippen LogP contribution in [-0.2, 0) is 9.47 Å². The molecule has 1 saturated carbocycles. The molecule has 4 atom stereocenters. The molecule has 1 N–H and O–H groups in total. The number of hydrogen-bond acceptors (Lipinski definition) is 3. The molecular formula is C16H31NO2. The van der Waals surface area contributed by atoms with Gasteiger partial charge in [-0.1, -0.05) is 33.6 Å². The Kier molecular flexibility index (Phi) is 6.11. The summed E-state index contributed by atoms with van der Waals surface area (Å²) in [7, 11) is 0. The van der Waals surface area contributed by atoms with Crippen molar-refractivity contribution in [1.82, 2.24) is 5.32 Å². The van der Waals surface area contributed by atoms with Crippen LogP contribution in [0.3, 0.4) is 0 Å². The molecule has 19 heavy (non-hydrogen) atoms. The minimum atomic E-state index is 0.327. The van der Waals surface area contributed by atoms with Crippen molar-refractivity contribution in [2.75, 3.05) is 13.2 Å². The molecule has 0 amide bonds. The minimum absolute atomic E-state index is 0.327. The van der Waals surface area contributed by atoms with E-state index in [0.717, 1.165) is 25.5 Å². The Bertz CT molecular complexity index is 257. The lowest BCUT2D eigenvalue weighted by molar-refractivity contribution is -0.0654. The maximum atomic E-state index is 6.11. The van der Waals surface area contributed by atoms with Gasteiger partial charge in [-0.05, 0) is 31.6 Å². The van der Waals surface area contributed by atoms with E-state index in [1.165, 1.54) is 32.1 Å². The fraction of sp³-hybridized carbons (Fsp3) is 1.00.